The van der Waals surface area contributed by atoms with E-state index in [1.54, 1.807) is 22.8 Å². The number of fused-ring (bicyclic) bond motifs is 1. The Balaban J connectivity index is 1.33. The molecule has 1 fully saturated rings. The number of aryl methyl sites for hydroxylation is 1. The molecule has 4 aromatic rings. The molecule has 5 rings (SSSR count). The summed E-state index contributed by atoms with van der Waals surface area (Å²) in [4.78, 5) is 35.1. The summed E-state index contributed by atoms with van der Waals surface area (Å²) in [7, 11) is 0. The van der Waals surface area contributed by atoms with E-state index in [1.807, 2.05) is 54.3 Å². The zero-order valence-corrected chi connectivity index (χ0v) is 20.2. The molecule has 0 saturated carbocycles. The highest BCUT2D eigenvalue weighted by Gasteiger charge is 2.22. The maximum atomic E-state index is 13.4. The minimum atomic E-state index is -0.258. The van der Waals surface area contributed by atoms with Crippen molar-refractivity contribution in [1.82, 2.24) is 14.5 Å². The average molecular weight is 489 g/mol. The van der Waals surface area contributed by atoms with Crippen LogP contribution in [0, 0.1) is 12.7 Å². The van der Waals surface area contributed by atoms with Gasteiger partial charge < -0.3 is 9.80 Å². The molecule has 0 bridgehead atoms. The summed E-state index contributed by atoms with van der Waals surface area (Å²) >= 11 is 1.28. The van der Waals surface area contributed by atoms with Gasteiger partial charge in [0.1, 0.15) is 5.82 Å². The molecule has 0 N–H and O–H groups in total. The highest BCUT2D eigenvalue weighted by molar-refractivity contribution is 7.99. The first kappa shape index (κ1) is 23.1. The van der Waals surface area contributed by atoms with Crippen molar-refractivity contribution in [2.45, 2.75) is 12.1 Å². The molecule has 0 aliphatic carbocycles. The van der Waals surface area contributed by atoms with Gasteiger partial charge in [0.15, 0.2) is 5.16 Å². The van der Waals surface area contributed by atoms with E-state index in [9.17, 15) is 14.0 Å². The van der Waals surface area contributed by atoms with Crippen molar-refractivity contribution in [2.75, 3.05) is 36.8 Å². The highest BCUT2D eigenvalue weighted by Crippen LogP contribution is 2.23. The van der Waals surface area contributed by atoms with Crippen LogP contribution in [0.25, 0.3) is 16.6 Å². The van der Waals surface area contributed by atoms with Gasteiger partial charge in [-0.2, -0.15) is 0 Å². The van der Waals surface area contributed by atoms with Crippen LogP contribution < -0.4 is 10.5 Å². The number of amides is 1. The van der Waals surface area contributed by atoms with Crippen LogP contribution in [0.15, 0.2) is 82.7 Å². The van der Waals surface area contributed by atoms with Crippen LogP contribution in [0.4, 0.5) is 10.1 Å². The molecule has 6 nitrogen and oxygen atoms in total. The van der Waals surface area contributed by atoms with Gasteiger partial charge in [-0.05, 0) is 55.5 Å². The van der Waals surface area contributed by atoms with E-state index in [1.165, 1.54) is 23.9 Å². The van der Waals surface area contributed by atoms with E-state index in [0.717, 1.165) is 16.9 Å². The molecule has 0 radical (unpaired) electrons. The lowest BCUT2D eigenvalue weighted by Gasteiger charge is -2.36. The molecule has 1 aromatic heterocycles. The summed E-state index contributed by atoms with van der Waals surface area (Å²) in [5, 5.41) is 1.04. The van der Waals surface area contributed by atoms with E-state index >= 15 is 0 Å². The summed E-state index contributed by atoms with van der Waals surface area (Å²) in [6, 6.07) is 21.4. The van der Waals surface area contributed by atoms with Crippen molar-refractivity contribution in [3.8, 4) is 5.69 Å². The number of carbonyl (C=O) groups excluding carboxylic acids is 1. The Morgan fingerprint density at radius 2 is 1.57 bits per heavy atom. The minimum absolute atomic E-state index is 0.00613. The molecular weight excluding hydrogens is 463 g/mol. The van der Waals surface area contributed by atoms with Gasteiger partial charge in [-0.1, -0.05) is 41.6 Å². The predicted octanol–water partition coefficient (Wildman–Crippen LogP) is 4.27. The zero-order chi connectivity index (χ0) is 24.4. The molecule has 3 aromatic carbocycles. The summed E-state index contributed by atoms with van der Waals surface area (Å²) < 4.78 is 14.8. The summed E-state index contributed by atoms with van der Waals surface area (Å²) in [5.41, 5.74) is 3.24. The van der Waals surface area contributed by atoms with Crippen molar-refractivity contribution >= 4 is 34.3 Å². The van der Waals surface area contributed by atoms with E-state index in [-0.39, 0.29) is 23.0 Å². The van der Waals surface area contributed by atoms with Crippen LogP contribution in [0.1, 0.15) is 5.56 Å². The van der Waals surface area contributed by atoms with Crippen LogP contribution in [0.2, 0.25) is 0 Å². The Morgan fingerprint density at radius 1 is 0.914 bits per heavy atom. The summed E-state index contributed by atoms with van der Waals surface area (Å²) in [6.45, 7) is 4.55. The van der Waals surface area contributed by atoms with Crippen molar-refractivity contribution < 1.29 is 9.18 Å². The number of thioether (sulfide) groups is 1. The van der Waals surface area contributed by atoms with Crippen molar-refractivity contribution in [3.05, 3.63) is 94.5 Å². The van der Waals surface area contributed by atoms with Gasteiger partial charge in [-0.15, -0.1) is 0 Å². The number of rotatable bonds is 5. The highest BCUT2D eigenvalue weighted by atomic mass is 32.2. The third kappa shape index (κ3) is 4.93. The normalized spacial score (nSPS) is 13.9. The second-order valence-corrected chi connectivity index (χ2v) is 9.46. The lowest BCUT2D eigenvalue weighted by molar-refractivity contribution is -0.128. The van der Waals surface area contributed by atoms with Gasteiger partial charge in [0.25, 0.3) is 5.56 Å². The number of hydrogen-bond donors (Lipinski definition) is 0. The van der Waals surface area contributed by atoms with E-state index in [2.05, 4.69) is 4.90 Å². The maximum Gasteiger partial charge on any atom is 0.266 e. The Hall–Kier alpha value is -3.65. The molecule has 35 heavy (non-hydrogen) atoms. The molecule has 0 atom stereocenters. The molecule has 0 unspecified atom stereocenters. The lowest BCUT2D eigenvalue weighted by atomic mass is 10.2. The maximum absolute atomic E-state index is 13.4. The average Bonchev–Trinajstić information content (AvgIpc) is 2.89. The zero-order valence-electron chi connectivity index (χ0n) is 19.4. The number of carbonyl (C=O) groups is 1. The number of aromatic nitrogens is 2. The van der Waals surface area contributed by atoms with Crippen LogP contribution in [-0.4, -0.2) is 52.3 Å². The lowest BCUT2D eigenvalue weighted by Crippen LogP contribution is -2.49. The number of hydrogen-bond acceptors (Lipinski definition) is 5. The number of anilines is 1. The number of nitrogens with zero attached hydrogens (tertiary/aromatic N) is 4. The Morgan fingerprint density at radius 3 is 2.29 bits per heavy atom. The van der Waals surface area contributed by atoms with E-state index < -0.39 is 0 Å². The van der Waals surface area contributed by atoms with Gasteiger partial charge in [0.05, 0.1) is 22.3 Å². The molecule has 1 amide bonds. The largest absolute Gasteiger partial charge is 0.368 e. The SMILES string of the molecule is Cc1ccc(-n2c(SCC(=O)N3CCN(c4ccc(F)cc4)CC3)nc3ccccc3c2=O)cc1. The Kier molecular flexibility index (Phi) is 6.55. The van der Waals surface area contributed by atoms with Crippen LogP contribution >= 0.6 is 11.8 Å². The van der Waals surface area contributed by atoms with Gasteiger partial charge in [0.2, 0.25) is 5.91 Å². The standard InChI is InChI=1S/C27H25FN4O2S/c1-19-6-10-22(11-7-19)32-26(34)23-4-2-3-5-24(23)29-27(32)35-18-25(33)31-16-14-30(15-17-31)21-12-8-20(28)9-13-21/h2-13H,14-18H2,1H3. The van der Waals surface area contributed by atoms with E-state index in [4.69, 9.17) is 4.98 Å². The van der Waals surface area contributed by atoms with E-state index in [0.29, 0.717) is 42.2 Å². The quantitative estimate of drug-likeness (QED) is 0.310. The third-order valence-electron chi connectivity index (χ3n) is 6.19. The topological polar surface area (TPSA) is 58.4 Å². The number of para-hydroxylation sites is 1. The van der Waals surface area contributed by atoms with Gasteiger partial charge in [0, 0.05) is 31.9 Å². The fraction of sp³-hybridized carbons (Fsp3) is 0.222. The number of halogens is 1. The number of piperazine rings is 1. The first-order chi connectivity index (χ1) is 17.0. The fourth-order valence-corrected chi connectivity index (χ4v) is 5.13. The fourth-order valence-electron chi connectivity index (χ4n) is 4.21. The molecule has 8 heteroatoms. The molecule has 0 spiro atoms. The monoisotopic (exact) mass is 488 g/mol. The predicted molar refractivity (Wildman–Crippen MR) is 138 cm³/mol. The first-order valence-corrected chi connectivity index (χ1v) is 12.5. The Bertz CT molecular complexity index is 1410. The molecule has 2 heterocycles. The van der Waals surface area contributed by atoms with Gasteiger partial charge >= 0.3 is 0 Å². The second kappa shape index (κ2) is 9.92. The molecule has 1 saturated heterocycles. The van der Waals surface area contributed by atoms with Crippen molar-refractivity contribution in [3.63, 3.8) is 0 Å². The van der Waals surface area contributed by atoms with Crippen LogP contribution in [0.5, 0.6) is 0 Å². The molecular formula is C27H25FN4O2S. The molecule has 178 valence electrons. The van der Waals surface area contributed by atoms with Crippen molar-refractivity contribution in [2.24, 2.45) is 0 Å². The van der Waals surface area contributed by atoms with Gasteiger partial charge in [-0.3, -0.25) is 14.2 Å². The smallest absolute Gasteiger partial charge is 0.266 e. The van der Waals surface area contributed by atoms with Crippen LogP contribution in [0.3, 0.4) is 0 Å². The number of benzene rings is 3. The minimum Gasteiger partial charge on any atom is -0.368 e. The van der Waals surface area contributed by atoms with Crippen LogP contribution in [-0.2, 0) is 4.79 Å². The van der Waals surface area contributed by atoms with Crippen molar-refractivity contribution in [1.29, 1.82) is 0 Å². The summed E-state index contributed by atoms with van der Waals surface area (Å²) in [5.74, 6) is -0.0645. The third-order valence-corrected chi connectivity index (χ3v) is 7.11. The second-order valence-electron chi connectivity index (χ2n) is 8.52. The summed E-state index contributed by atoms with van der Waals surface area (Å²) in [6.07, 6.45) is 0. The van der Waals surface area contributed by atoms with Gasteiger partial charge in [-0.25, -0.2) is 9.37 Å². The Labute approximate surface area is 207 Å². The first-order valence-electron chi connectivity index (χ1n) is 11.5. The molecule has 1 aliphatic heterocycles. The molecule has 1 aliphatic rings.